The number of carbonyl (C=O) groups is 2. The van der Waals surface area contributed by atoms with E-state index in [2.05, 4.69) is 47.4 Å². The first-order chi connectivity index (χ1) is 22.6. The number of ether oxygens (including phenoxy) is 2. The van der Waals surface area contributed by atoms with E-state index in [-0.39, 0.29) is 36.3 Å². The van der Waals surface area contributed by atoms with E-state index in [4.69, 9.17) is 26.3 Å². The molecule has 2 amide bonds. The van der Waals surface area contributed by atoms with E-state index in [1.807, 2.05) is 13.0 Å². The Balaban J connectivity index is 0.000000335. The van der Waals surface area contributed by atoms with Crippen LogP contribution < -0.4 is 5.32 Å². The molecule has 2 aliphatic rings. The van der Waals surface area contributed by atoms with Crippen LogP contribution in [0.1, 0.15) is 50.4 Å². The SMILES string of the molecule is CC(CBr)OC1CCCCO1.CC(O)Cn1nc(-c2cnc3[nH]cc(C(=O)N[C@H](C)C(=O)N4CC(C#N)C4)c3n2)c2ccc(Cl)cc21. The van der Waals surface area contributed by atoms with Gasteiger partial charge in [-0.3, -0.25) is 14.3 Å². The van der Waals surface area contributed by atoms with Gasteiger partial charge in [0, 0.05) is 41.6 Å². The lowest BCUT2D eigenvalue weighted by atomic mass is 10.0. The molecule has 2 saturated heterocycles. The highest BCUT2D eigenvalue weighted by Crippen LogP contribution is 2.30. The normalized spacial score (nSPS) is 18.5. The summed E-state index contributed by atoms with van der Waals surface area (Å²) in [7, 11) is 0. The molecule has 6 rings (SSSR count). The highest BCUT2D eigenvalue weighted by atomic mass is 79.9. The Morgan fingerprint density at radius 3 is 2.77 bits per heavy atom. The molecule has 4 atom stereocenters. The number of nitriles is 1. The summed E-state index contributed by atoms with van der Waals surface area (Å²) in [6.07, 6.45) is 6.22. The maximum atomic E-state index is 13.0. The first-order valence-corrected chi connectivity index (χ1v) is 17.1. The number of nitrogens with one attached hydrogen (secondary N) is 2. The Kier molecular flexibility index (Phi) is 11.5. The first kappa shape index (κ1) is 34.7. The van der Waals surface area contributed by atoms with Crippen molar-refractivity contribution in [3.8, 4) is 17.5 Å². The topological polar surface area (TPSA) is 171 Å². The van der Waals surface area contributed by atoms with Gasteiger partial charge in [-0.25, -0.2) is 9.97 Å². The summed E-state index contributed by atoms with van der Waals surface area (Å²) in [6.45, 7) is 7.20. The molecule has 5 heterocycles. The summed E-state index contributed by atoms with van der Waals surface area (Å²) < 4.78 is 12.6. The number of likely N-dealkylation sites (tertiary alicyclic amines) is 1. The van der Waals surface area contributed by atoms with Crippen molar-refractivity contribution in [1.82, 2.24) is 34.9 Å². The number of amides is 2. The monoisotopic (exact) mass is 728 g/mol. The Morgan fingerprint density at radius 2 is 2.09 bits per heavy atom. The van der Waals surface area contributed by atoms with Gasteiger partial charge in [0.1, 0.15) is 22.9 Å². The van der Waals surface area contributed by atoms with Crippen molar-refractivity contribution >= 4 is 61.4 Å². The van der Waals surface area contributed by atoms with Crippen LogP contribution in [0.3, 0.4) is 0 Å². The van der Waals surface area contributed by atoms with E-state index in [0.29, 0.717) is 40.7 Å². The highest BCUT2D eigenvalue weighted by molar-refractivity contribution is 9.09. The lowest BCUT2D eigenvalue weighted by Crippen LogP contribution is -2.55. The van der Waals surface area contributed by atoms with Gasteiger partial charge in [0.25, 0.3) is 5.91 Å². The summed E-state index contributed by atoms with van der Waals surface area (Å²) in [5, 5.41) is 28.4. The molecule has 0 aliphatic carbocycles. The van der Waals surface area contributed by atoms with Crippen LogP contribution >= 0.6 is 27.5 Å². The smallest absolute Gasteiger partial charge is 0.255 e. The fourth-order valence-electron chi connectivity index (χ4n) is 5.37. The van der Waals surface area contributed by atoms with E-state index >= 15 is 0 Å². The number of aliphatic hydroxyl groups is 1. The number of hydrogen-bond donors (Lipinski definition) is 3. The molecule has 3 unspecified atom stereocenters. The number of hydrogen-bond acceptors (Lipinski definition) is 9. The van der Waals surface area contributed by atoms with Crippen LogP contribution in [0.15, 0.2) is 30.6 Å². The van der Waals surface area contributed by atoms with Gasteiger partial charge in [-0.2, -0.15) is 10.4 Å². The maximum Gasteiger partial charge on any atom is 0.255 e. The minimum Gasteiger partial charge on any atom is -0.391 e. The van der Waals surface area contributed by atoms with Gasteiger partial charge in [-0.1, -0.05) is 27.5 Å². The quantitative estimate of drug-likeness (QED) is 0.211. The molecule has 15 heteroatoms. The van der Waals surface area contributed by atoms with Crippen molar-refractivity contribution < 1.29 is 24.2 Å². The average molecular weight is 730 g/mol. The molecule has 1 aromatic carbocycles. The minimum absolute atomic E-state index is 0.0521. The van der Waals surface area contributed by atoms with Gasteiger partial charge < -0.3 is 29.8 Å². The zero-order valence-corrected chi connectivity index (χ0v) is 28.8. The van der Waals surface area contributed by atoms with E-state index in [1.165, 1.54) is 19.0 Å². The molecule has 0 radical (unpaired) electrons. The van der Waals surface area contributed by atoms with Crippen LogP contribution in [0.5, 0.6) is 0 Å². The number of rotatable bonds is 9. The number of aromatic amines is 1. The van der Waals surface area contributed by atoms with Crippen molar-refractivity contribution in [2.24, 2.45) is 5.92 Å². The summed E-state index contributed by atoms with van der Waals surface area (Å²) >= 11 is 9.55. The zero-order valence-electron chi connectivity index (χ0n) is 26.4. The minimum atomic E-state index is -0.761. The molecule has 2 aliphatic heterocycles. The molecule has 3 N–H and O–H groups in total. The number of halogens is 2. The molecule has 13 nitrogen and oxygen atoms in total. The number of aliphatic hydroxyl groups excluding tert-OH is 1. The van der Waals surface area contributed by atoms with Gasteiger partial charge in [0.2, 0.25) is 5.91 Å². The predicted molar refractivity (Wildman–Crippen MR) is 180 cm³/mol. The third-order valence-corrected chi connectivity index (χ3v) is 9.00. The number of benzene rings is 1. The molecule has 3 aromatic heterocycles. The molecule has 0 bridgehead atoms. The Hall–Kier alpha value is -3.61. The molecule has 47 heavy (non-hydrogen) atoms. The third-order valence-electron chi connectivity index (χ3n) is 7.85. The lowest BCUT2D eigenvalue weighted by molar-refractivity contribution is -0.179. The van der Waals surface area contributed by atoms with Crippen molar-refractivity contribution in [3.63, 3.8) is 0 Å². The number of fused-ring (bicyclic) bond motifs is 2. The second kappa shape index (κ2) is 15.5. The fourth-order valence-corrected chi connectivity index (χ4v) is 5.69. The van der Waals surface area contributed by atoms with Crippen LogP contribution in [-0.2, 0) is 20.8 Å². The van der Waals surface area contributed by atoms with E-state index in [9.17, 15) is 14.7 Å². The Bertz CT molecular complexity index is 1760. The molecular weight excluding hydrogens is 692 g/mol. The van der Waals surface area contributed by atoms with Crippen molar-refractivity contribution in [3.05, 3.63) is 41.2 Å². The lowest BCUT2D eigenvalue weighted by Gasteiger charge is -2.37. The molecule has 2 fully saturated rings. The number of aromatic nitrogens is 5. The summed E-state index contributed by atoms with van der Waals surface area (Å²) in [6, 6.07) is 6.71. The van der Waals surface area contributed by atoms with Gasteiger partial charge in [-0.05, 0) is 58.2 Å². The third kappa shape index (κ3) is 8.28. The van der Waals surface area contributed by atoms with Crippen molar-refractivity contribution in [1.29, 1.82) is 5.26 Å². The standard InChI is InChI=1S/C24H23ClN8O3.C8H15BrO2/c1-12(34)9-33-19-5-15(25)3-4-16(19)20(31-33)18-8-28-22-21(30-18)17(7-27-22)23(35)29-13(2)24(36)32-10-14(6-26)11-32;1-7(6-9)11-8-4-2-3-5-10-8/h3-5,7-8,12-14,34H,9-11H2,1-2H3,(H,27,28)(H,29,35);7-8H,2-6H2,1H3/t12?,13-;/m1./s1. The van der Waals surface area contributed by atoms with Crippen LogP contribution in [-0.4, -0.2) is 96.1 Å². The second-order valence-electron chi connectivity index (χ2n) is 11.9. The molecular formula is C32H38BrClN8O5. The van der Waals surface area contributed by atoms with Gasteiger partial charge >= 0.3 is 0 Å². The van der Waals surface area contributed by atoms with E-state index < -0.39 is 18.1 Å². The van der Waals surface area contributed by atoms with Crippen LogP contribution in [0.4, 0.5) is 0 Å². The van der Waals surface area contributed by atoms with Gasteiger partial charge in [-0.15, -0.1) is 0 Å². The molecule has 250 valence electrons. The van der Waals surface area contributed by atoms with Gasteiger partial charge in [0.05, 0.1) is 48.0 Å². The summed E-state index contributed by atoms with van der Waals surface area (Å²) in [5.41, 5.74) is 2.72. The van der Waals surface area contributed by atoms with Crippen LogP contribution in [0, 0.1) is 17.2 Å². The second-order valence-corrected chi connectivity index (χ2v) is 12.9. The summed E-state index contributed by atoms with van der Waals surface area (Å²) in [4.78, 5) is 39.1. The Morgan fingerprint density at radius 1 is 1.30 bits per heavy atom. The molecule has 0 saturated carbocycles. The Labute approximate surface area is 285 Å². The molecule has 0 spiro atoms. The maximum absolute atomic E-state index is 13.0. The highest BCUT2D eigenvalue weighted by Gasteiger charge is 2.33. The number of nitrogens with zero attached hydrogens (tertiary/aromatic N) is 6. The van der Waals surface area contributed by atoms with Crippen LogP contribution in [0.25, 0.3) is 33.5 Å². The average Bonchev–Trinajstić information content (AvgIpc) is 3.62. The van der Waals surface area contributed by atoms with E-state index in [0.717, 1.165) is 29.3 Å². The molecule has 4 aromatic rings. The summed E-state index contributed by atoms with van der Waals surface area (Å²) in [5.74, 6) is -0.868. The van der Waals surface area contributed by atoms with Crippen molar-refractivity contribution in [2.45, 2.75) is 71.1 Å². The van der Waals surface area contributed by atoms with Crippen molar-refractivity contribution in [2.75, 3.05) is 25.0 Å². The van der Waals surface area contributed by atoms with Gasteiger partial charge in [0.15, 0.2) is 11.9 Å². The van der Waals surface area contributed by atoms with Crippen LogP contribution in [0.2, 0.25) is 5.02 Å². The number of alkyl halides is 1. The zero-order chi connectivity index (χ0) is 33.7. The fraction of sp³-hybridized carbons (Fsp3) is 0.500. The predicted octanol–water partition coefficient (Wildman–Crippen LogP) is 4.42. The largest absolute Gasteiger partial charge is 0.391 e. The number of carbonyl (C=O) groups excluding carboxylic acids is 2. The van der Waals surface area contributed by atoms with E-state index in [1.54, 1.807) is 41.8 Å². The first-order valence-electron chi connectivity index (χ1n) is 15.6. The number of H-pyrrole nitrogens is 1.